The lowest BCUT2D eigenvalue weighted by Crippen LogP contribution is -2.30. The molecule has 0 aromatic heterocycles. The zero-order valence-corrected chi connectivity index (χ0v) is 17.0. The summed E-state index contributed by atoms with van der Waals surface area (Å²) in [5.41, 5.74) is 1.50. The summed E-state index contributed by atoms with van der Waals surface area (Å²) in [5, 5.41) is 0. The molecule has 0 aliphatic carbocycles. The fraction of sp³-hybridized carbons (Fsp3) is 0.0870. The maximum absolute atomic E-state index is 13.1. The standard InChI is InChI=1S/C23H19NO5S/c1-28-19-13-11-18(12-14-19)23(25)29-21-16-24(15-17-7-3-2-4-8-17)30(26,27)22-10-6-5-9-20(21)22/h2-14,16H,15H2,1H3. The van der Waals surface area contributed by atoms with Crippen molar-refractivity contribution in [3.8, 4) is 5.75 Å². The summed E-state index contributed by atoms with van der Waals surface area (Å²) in [4.78, 5) is 12.8. The normalized spacial score (nSPS) is 14.4. The number of methoxy groups -OCH3 is 1. The molecule has 0 saturated carbocycles. The first-order valence-electron chi connectivity index (χ1n) is 9.22. The molecular weight excluding hydrogens is 402 g/mol. The van der Waals surface area contributed by atoms with Crippen LogP contribution in [0.2, 0.25) is 0 Å². The molecule has 152 valence electrons. The van der Waals surface area contributed by atoms with E-state index in [1.807, 2.05) is 30.3 Å². The van der Waals surface area contributed by atoms with Crippen molar-refractivity contribution >= 4 is 21.8 Å². The van der Waals surface area contributed by atoms with Crippen LogP contribution in [0.25, 0.3) is 5.76 Å². The molecule has 0 bridgehead atoms. The van der Waals surface area contributed by atoms with E-state index in [4.69, 9.17) is 9.47 Å². The molecule has 0 radical (unpaired) electrons. The first kappa shape index (κ1) is 19.7. The second-order valence-corrected chi connectivity index (χ2v) is 8.50. The maximum atomic E-state index is 13.1. The molecule has 3 aromatic rings. The number of esters is 1. The quantitative estimate of drug-likeness (QED) is 0.581. The van der Waals surface area contributed by atoms with Gasteiger partial charge in [-0.25, -0.2) is 13.2 Å². The SMILES string of the molecule is COc1ccc(C(=O)OC2=CN(Cc3ccccc3)S(=O)(=O)c3ccccc32)cc1. The highest BCUT2D eigenvalue weighted by Gasteiger charge is 2.32. The summed E-state index contributed by atoms with van der Waals surface area (Å²) >= 11 is 0. The van der Waals surface area contributed by atoms with Crippen LogP contribution in [0, 0.1) is 0 Å². The van der Waals surface area contributed by atoms with Gasteiger partial charge < -0.3 is 9.47 Å². The molecule has 0 saturated heterocycles. The number of hydrogen-bond donors (Lipinski definition) is 0. The Morgan fingerprint density at radius 2 is 1.57 bits per heavy atom. The Morgan fingerprint density at radius 1 is 0.900 bits per heavy atom. The van der Waals surface area contributed by atoms with E-state index in [0.29, 0.717) is 16.9 Å². The van der Waals surface area contributed by atoms with Crippen LogP contribution < -0.4 is 4.74 Å². The van der Waals surface area contributed by atoms with Gasteiger partial charge in [0, 0.05) is 5.56 Å². The van der Waals surface area contributed by atoms with Gasteiger partial charge in [0.05, 0.1) is 30.3 Å². The van der Waals surface area contributed by atoms with E-state index in [1.54, 1.807) is 49.6 Å². The molecule has 30 heavy (non-hydrogen) atoms. The van der Waals surface area contributed by atoms with Crippen LogP contribution in [0.4, 0.5) is 0 Å². The zero-order chi connectivity index (χ0) is 21.1. The minimum absolute atomic E-state index is 0.0981. The summed E-state index contributed by atoms with van der Waals surface area (Å²) in [6.07, 6.45) is 1.37. The number of sulfonamides is 1. The van der Waals surface area contributed by atoms with Crippen molar-refractivity contribution < 1.29 is 22.7 Å². The fourth-order valence-corrected chi connectivity index (χ4v) is 4.66. The van der Waals surface area contributed by atoms with Gasteiger partial charge in [0.2, 0.25) is 0 Å². The molecule has 1 aliphatic heterocycles. The van der Waals surface area contributed by atoms with Crippen LogP contribution in [-0.2, 0) is 21.3 Å². The Morgan fingerprint density at radius 3 is 2.27 bits per heavy atom. The summed E-state index contributed by atoms with van der Waals surface area (Å²) in [6.45, 7) is 0.126. The van der Waals surface area contributed by atoms with Crippen LogP contribution >= 0.6 is 0 Å². The third kappa shape index (κ3) is 3.79. The Kier molecular flexibility index (Phi) is 5.29. The monoisotopic (exact) mass is 421 g/mol. The van der Waals surface area contributed by atoms with Crippen LogP contribution in [-0.4, -0.2) is 25.8 Å². The smallest absolute Gasteiger partial charge is 0.343 e. The number of ether oxygens (including phenoxy) is 2. The van der Waals surface area contributed by atoms with Crippen LogP contribution in [0.3, 0.4) is 0 Å². The molecular formula is C23H19NO5S. The van der Waals surface area contributed by atoms with Gasteiger partial charge in [0.15, 0.2) is 5.76 Å². The first-order valence-corrected chi connectivity index (χ1v) is 10.7. The fourth-order valence-electron chi connectivity index (χ4n) is 3.15. The molecule has 6 nitrogen and oxygen atoms in total. The second-order valence-electron chi connectivity index (χ2n) is 6.64. The van der Waals surface area contributed by atoms with Crippen molar-refractivity contribution in [1.82, 2.24) is 4.31 Å². The first-order chi connectivity index (χ1) is 14.5. The van der Waals surface area contributed by atoms with Gasteiger partial charge in [-0.2, -0.15) is 0 Å². The zero-order valence-electron chi connectivity index (χ0n) is 16.2. The lowest BCUT2D eigenvalue weighted by atomic mass is 10.1. The van der Waals surface area contributed by atoms with E-state index >= 15 is 0 Å². The summed E-state index contributed by atoms with van der Waals surface area (Å²) in [5.74, 6) is 0.212. The van der Waals surface area contributed by atoms with E-state index in [9.17, 15) is 13.2 Å². The van der Waals surface area contributed by atoms with Gasteiger partial charge in [-0.05, 0) is 42.0 Å². The lowest BCUT2D eigenvalue weighted by molar-refractivity contribution is 0.0688. The Hall–Kier alpha value is -3.58. The van der Waals surface area contributed by atoms with Crippen molar-refractivity contribution in [3.63, 3.8) is 0 Å². The number of hydrogen-bond acceptors (Lipinski definition) is 5. The van der Waals surface area contributed by atoms with E-state index in [1.165, 1.54) is 16.6 Å². The van der Waals surface area contributed by atoms with Crippen molar-refractivity contribution in [1.29, 1.82) is 0 Å². The third-order valence-electron chi connectivity index (χ3n) is 4.71. The van der Waals surface area contributed by atoms with Crippen LogP contribution in [0.15, 0.2) is 90.0 Å². The lowest BCUT2D eigenvalue weighted by Gasteiger charge is -2.28. The largest absolute Gasteiger partial charge is 0.497 e. The van der Waals surface area contributed by atoms with Gasteiger partial charge in [-0.15, -0.1) is 0 Å². The summed E-state index contributed by atoms with van der Waals surface area (Å²) < 4.78 is 38.1. The number of rotatable bonds is 5. The van der Waals surface area contributed by atoms with E-state index in [-0.39, 0.29) is 17.2 Å². The van der Waals surface area contributed by atoms with E-state index < -0.39 is 16.0 Å². The van der Waals surface area contributed by atoms with Gasteiger partial charge >= 0.3 is 5.97 Å². The third-order valence-corrected chi connectivity index (χ3v) is 6.47. The van der Waals surface area contributed by atoms with Gasteiger partial charge in [0.1, 0.15) is 5.75 Å². The molecule has 7 heteroatoms. The highest BCUT2D eigenvalue weighted by atomic mass is 32.2. The molecule has 0 atom stereocenters. The maximum Gasteiger partial charge on any atom is 0.343 e. The van der Waals surface area contributed by atoms with Crippen molar-refractivity contribution in [2.45, 2.75) is 11.4 Å². The average molecular weight is 421 g/mol. The number of fused-ring (bicyclic) bond motifs is 1. The van der Waals surface area contributed by atoms with Crippen LogP contribution in [0.5, 0.6) is 5.75 Å². The predicted molar refractivity (Wildman–Crippen MR) is 112 cm³/mol. The number of carbonyl (C=O) groups excluding carboxylic acids is 1. The molecule has 0 amide bonds. The molecule has 3 aromatic carbocycles. The van der Waals surface area contributed by atoms with E-state index in [0.717, 1.165) is 5.56 Å². The van der Waals surface area contributed by atoms with Gasteiger partial charge in [-0.1, -0.05) is 42.5 Å². The summed E-state index contributed by atoms with van der Waals surface area (Å²) in [7, 11) is -2.23. The molecule has 4 rings (SSSR count). The predicted octanol–water partition coefficient (Wildman–Crippen LogP) is 4.06. The number of benzene rings is 3. The molecule has 0 N–H and O–H groups in total. The highest BCUT2D eigenvalue weighted by Crippen LogP contribution is 2.34. The Bertz CT molecular complexity index is 1200. The average Bonchev–Trinajstić information content (AvgIpc) is 2.78. The minimum atomic E-state index is -3.77. The highest BCUT2D eigenvalue weighted by molar-refractivity contribution is 7.89. The molecule has 0 unspecified atom stereocenters. The molecule has 1 heterocycles. The van der Waals surface area contributed by atoms with E-state index in [2.05, 4.69) is 0 Å². The van der Waals surface area contributed by atoms with Crippen LogP contribution in [0.1, 0.15) is 21.5 Å². The molecule has 1 aliphatic rings. The second kappa shape index (κ2) is 8.04. The Balaban J connectivity index is 1.69. The molecule has 0 fully saturated rings. The number of carbonyl (C=O) groups is 1. The van der Waals surface area contributed by atoms with Crippen molar-refractivity contribution in [2.24, 2.45) is 0 Å². The van der Waals surface area contributed by atoms with Crippen molar-refractivity contribution in [2.75, 3.05) is 7.11 Å². The Labute approximate surface area is 175 Å². The molecule has 0 spiro atoms. The van der Waals surface area contributed by atoms with Gasteiger partial charge in [-0.3, -0.25) is 4.31 Å². The van der Waals surface area contributed by atoms with Gasteiger partial charge in [0.25, 0.3) is 10.0 Å². The number of nitrogens with zero attached hydrogens (tertiary/aromatic N) is 1. The topological polar surface area (TPSA) is 72.9 Å². The van der Waals surface area contributed by atoms with Crippen molar-refractivity contribution in [3.05, 3.63) is 102 Å². The minimum Gasteiger partial charge on any atom is -0.497 e. The summed E-state index contributed by atoms with van der Waals surface area (Å²) in [6, 6.07) is 22.2.